The molecule has 1 unspecified atom stereocenters. The SMILES string of the molecule is O=C(O)C(C(=O)O)C1CCc2ccccc2O1. The molecule has 1 aromatic rings. The number of rotatable bonds is 3. The van der Waals surface area contributed by atoms with Gasteiger partial charge in [0, 0.05) is 0 Å². The average Bonchev–Trinajstić information content (AvgIpc) is 2.28. The third kappa shape index (κ3) is 2.22. The summed E-state index contributed by atoms with van der Waals surface area (Å²) < 4.78 is 5.46. The Hall–Kier alpha value is -2.04. The van der Waals surface area contributed by atoms with Crippen LogP contribution in [0.25, 0.3) is 0 Å². The molecule has 1 aromatic carbocycles. The monoisotopic (exact) mass is 236 g/mol. The number of ether oxygens (including phenoxy) is 1. The van der Waals surface area contributed by atoms with Gasteiger partial charge in [0.2, 0.25) is 0 Å². The summed E-state index contributed by atoms with van der Waals surface area (Å²) in [5.74, 6) is -3.65. The molecule has 5 heteroatoms. The summed E-state index contributed by atoms with van der Waals surface area (Å²) >= 11 is 0. The van der Waals surface area contributed by atoms with E-state index in [0.29, 0.717) is 18.6 Å². The van der Waals surface area contributed by atoms with Crippen LogP contribution < -0.4 is 4.74 Å². The minimum Gasteiger partial charge on any atom is -0.489 e. The lowest BCUT2D eigenvalue weighted by Gasteiger charge is -2.28. The molecule has 1 atom stereocenters. The Balaban J connectivity index is 2.21. The second-order valence-electron chi connectivity index (χ2n) is 3.96. The number of hydrogen-bond acceptors (Lipinski definition) is 3. The number of hydrogen-bond donors (Lipinski definition) is 2. The molecule has 90 valence electrons. The maximum atomic E-state index is 10.9. The Morgan fingerprint density at radius 1 is 1.24 bits per heavy atom. The van der Waals surface area contributed by atoms with E-state index in [2.05, 4.69) is 0 Å². The first-order valence-electron chi connectivity index (χ1n) is 5.30. The van der Waals surface area contributed by atoms with Gasteiger partial charge in [-0.1, -0.05) is 18.2 Å². The van der Waals surface area contributed by atoms with Crippen LogP contribution in [0, 0.1) is 5.92 Å². The van der Waals surface area contributed by atoms with Crippen molar-refractivity contribution in [2.24, 2.45) is 5.92 Å². The number of para-hydroxylation sites is 1. The average molecular weight is 236 g/mol. The van der Waals surface area contributed by atoms with Gasteiger partial charge in [-0.05, 0) is 24.5 Å². The van der Waals surface area contributed by atoms with Crippen LogP contribution in [0.2, 0.25) is 0 Å². The van der Waals surface area contributed by atoms with Crippen LogP contribution >= 0.6 is 0 Å². The van der Waals surface area contributed by atoms with Crippen molar-refractivity contribution in [1.82, 2.24) is 0 Å². The second-order valence-corrected chi connectivity index (χ2v) is 3.96. The molecule has 0 aromatic heterocycles. The van der Waals surface area contributed by atoms with Gasteiger partial charge in [0.25, 0.3) is 0 Å². The molecule has 0 radical (unpaired) electrons. The van der Waals surface area contributed by atoms with Crippen LogP contribution in [-0.2, 0) is 16.0 Å². The molecular weight excluding hydrogens is 224 g/mol. The normalized spacial score (nSPS) is 18.3. The lowest BCUT2D eigenvalue weighted by molar-refractivity contribution is -0.159. The molecule has 0 amide bonds. The first kappa shape index (κ1) is 11.4. The topological polar surface area (TPSA) is 83.8 Å². The fraction of sp³-hybridized carbons (Fsp3) is 0.333. The number of carbonyl (C=O) groups is 2. The largest absolute Gasteiger partial charge is 0.489 e. The van der Waals surface area contributed by atoms with Gasteiger partial charge in [0.15, 0.2) is 5.92 Å². The molecule has 0 fully saturated rings. The molecule has 17 heavy (non-hydrogen) atoms. The number of benzene rings is 1. The Morgan fingerprint density at radius 2 is 1.88 bits per heavy atom. The lowest BCUT2D eigenvalue weighted by Crippen LogP contribution is -2.40. The van der Waals surface area contributed by atoms with Gasteiger partial charge >= 0.3 is 11.9 Å². The van der Waals surface area contributed by atoms with Crippen LogP contribution in [0.15, 0.2) is 24.3 Å². The van der Waals surface area contributed by atoms with Crippen molar-refractivity contribution in [3.8, 4) is 5.75 Å². The maximum Gasteiger partial charge on any atom is 0.321 e. The van der Waals surface area contributed by atoms with Crippen LogP contribution in [0.5, 0.6) is 5.75 Å². The number of carboxylic acid groups (broad SMARTS) is 2. The van der Waals surface area contributed by atoms with Crippen LogP contribution in [0.1, 0.15) is 12.0 Å². The summed E-state index contributed by atoms with van der Waals surface area (Å²) in [6, 6.07) is 7.26. The summed E-state index contributed by atoms with van der Waals surface area (Å²) in [5.41, 5.74) is 0.985. The summed E-state index contributed by atoms with van der Waals surface area (Å²) in [4.78, 5) is 21.8. The minimum absolute atomic E-state index is 0.403. The molecule has 0 aliphatic carbocycles. The quantitative estimate of drug-likeness (QED) is 0.769. The molecule has 2 rings (SSSR count). The van der Waals surface area contributed by atoms with E-state index in [1.54, 1.807) is 12.1 Å². The van der Waals surface area contributed by atoms with E-state index < -0.39 is 24.0 Å². The van der Waals surface area contributed by atoms with Crippen LogP contribution in [-0.4, -0.2) is 28.3 Å². The smallest absolute Gasteiger partial charge is 0.321 e. The molecule has 0 bridgehead atoms. The Kier molecular flexibility index (Phi) is 2.99. The predicted octanol–water partition coefficient (Wildman–Crippen LogP) is 1.17. The Labute approximate surface area is 97.6 Å². The van der Waals surface area contributed by atoms with Crippen molar-refractivity contribution in [2.75, 3.05) is 0 Å². The fourth-order valence-electron chi connectivity index (χ4n) is 2.00. The summed E-state index contributed by atoms with van der Waals surface area (Å²) in [6.07, 6.45) is 0.234. The molecule has 1 aliphatic rings. The van der Waals surface area contributed by atoms with E-state index in [0.717, 1.165) is 5.56 Å². The van der Waals surface area contributed by atoms with Crippen LogP contribution in [0.4, 0.5) is 0 Å². The van der Waals surface area contributed by atoms with Gasteiger partial charge in [-0.25, -0.2) is 0 Å². The molecule has 1 aliphatic heterocycles. The van der Waals surface area contributed by atoms with Gasteiger partial charge in [-0.2, -0.15) is 0 Å². The second kappa shape index (κ2) is 4.45. The van der Waals surface area contributed by atoms with Crippen molar-refractivity contribution in [2.45, 2.75) is 18.9 Å². The van der Waals surface area contributed by atoms with E-state index in [1.807, 2.05) is 12.1 Å². The molecule has 2 N–H and O–H groups in total. The molecular formula is C12H12O5. The van der Waals surface area contributed by atoms with E-state index >= 15 is 0 Å². The highest BCUT2D eigenvalue weighted by atomic mass is 16.5. The molecule has 0 saturated carbocycles. The summed E-state index contributed by atoms with van der Waals surface area (Å²) in [7, 11) is 0. The van der Waals surface area contributed by atoms with Crippen LogP contribution in [0.3, 0.4) is 0 Å². The summed E-state index contributed by atoms with van der Waals surface area (Å²) in [5, 5.41) is 17.8. The first-order chi connectivity index (χ1) is 8.09. The summed E-state index contributed by atoms with van der Waals surface area (Å²) in [6.45, 7) is 0. The molecule has 0 saturated heterocycles. The molecule has 5 nitrogen and oxygen atoms in total. The molecule has 1 heterocycles. The number of aryl methyl sites for hydroxylation is 1. The lowest BCUT2D eigenvalue weighted by atomic mass is 9.93. The maximum absolute atomic E-state index is 10.9. The van der Waals surface area contributed by atoms with Crippen molar-refractivity contribution in [3.63, 3.8) is 0 Å². The zero-order chi connectivity index (χ0) is 12.4. The zero-order valence-electron chi connectivity index (χ0n) is 9.00. The number of fused-ring (bicyclic) bond motifs is 1. The van der Waals surface area contributed by atoms with Gasteiger partial charge in [0.1, 0.15) is 11.9 Å². The third-order valence-corrected chi connectivity index (χ3v) is 2.85. The van der Waals surface area contributed by atoms with Crippen molar-refractivity contribution in [1.29, 1.82) is 0 Å². The Bertz CT molecular complexity index is 440. The Morgan fingerprint density at radius 3 is 2.53 bits per heavy atom. The van der Waals surface area contributed by atoms with Gasteiger partial charge in [-0.15, -0.1) is 0 Å². The van der Waals surface area contributed by atoms with Gasteiger partial charge < -0.3 is 14.9 Å². The van der Waals surface area contributed by atoms with E-state index in [-0.39, 0.29) is 0 Å². The third-order valence-electron chi connectivity index (χ3n) is 2.85. The highest BCUT2D eigenvalue weighted by Gasteiger charge is 2.38. The number of carboxylic acids is 2. The van der Waals surface area contributed by atoms with E-state index in [1.165, 1.54) is 0 Å². The van der Waals surface area contributed by atoms with Crippen molar-refractivity contribution in [3.05, 3.63) is 29.8 Å². The van der Waals surface area contributed by atoms with Crippen molar-refractivity contribution >= 4 is 11.9 Å². The van der Waals surface area contributed by atoms with Gasteiger partial charge in [-0.3, -0.25) is 9.59 Å². The zero-order valence-corrected chi connectivity index (χ0v) is 9.00. The standard InChI is InChI=1S/C12H12O5/c13-11(14)10(12(15)16)9-6-5-7-3-1-2-4-8(7)17-9/h1-4,9-10H,5-6H2,(H,13,14)(H,15,16). The fourth-order valence-corrected chi connectivity index (χ4v) is 2.00. The van der Waals surface area contributed by atoms with Gasteiger partial charge in [0.05, 0.1) is 0 Å². The highest BCUT2D eigenvalue weighted by molar-refractivity contribution is 5.93. The van der Waals surface area contributed by atoms with E-state index in [9.17, 15) is 9.59 Å². The molecule has 0 spiro atoms. The highest BCUT2D eigenvalue weighted by Crippen LogP contribution is 2.30. The minimum atomic E-state index is -1.51. The van der Waals surface area contributed by atoms with E-state index in [4.69, 9.17) is 14.9 Å². The van der Waals surface area contributed by atoms with Crippen molar-refractivity contribution < 1.29 is 24.5 Å². The predicted molar refractivity (Wildman–Crippen MR) is 57.9 cm³/mol. The first-order valence-corrected chi connectivity index (χ1v) is 5.30. The number of aliphatic carboxylic acids is 2.